The summed E-state index contributed by atoms with van der Waals surface area (Å²) in [6.07, 6.45) is -3.34. The standard InChI is InChI=1S/C18H8F5N3O2/c19-12-3-1-11(8-13(12)20)16(27)26-6-5-9-7-10(2-4-14(9)26)15-24-17(28-25-15)18(21,22)23/h1-8H. The summed E-state index contributed by atoms with van der Waals surface area (Å²) in [7, 11) is 0. The van der Waals surface area contributed by atoms with Crippen molar-refractivity contribution in [2.24, 2.45) is 0 Å². The number of alkyl halides is 3. The van der Waals surface area contributed by atoms with E-state index in [0.717, 1.165) is 18.2 Å². The van der Waals surface area contributed by atoms with Crippen LogP contribution < -0.4 is 0 Å². The van der Waals surface area contributed by atoms with Crippen LogP contribution in [0.4, 0.5) is 22.0 Å². The van der Waals surface area contributed by atoms with Gasteiger partial charge in [0.1, 0.15) is 0 Å². The molecule has 0 fully saturated rings. The number of benzene rings is 2. The van der Waals surface area contributed by atoms with E-state index in [4.69, 9.17) is 0 Å². The lowest BCUT2D eigenvalue weighted by atomic mass is 10.1. The van der Waals surface area contributed by atoms with E-state index in [2.05, 4.69) is 14.7 Å². The van der Waals surface area contributed by atoms with Gasteiger partial charge in [-0.05, 0) is 42.5 Å². The van der Waals surface area contributed by atoms with Crippen LogP contribution in [0.3, 0.4) is 0 Å². The molecule has 0 radical (unpaired) electrons. The number of carbonyl (C=O) groups is 1. The maximum atomic E-state index is 13.4. The molecule has 0 saturated carbocycles. The Bertz CT molecular complexity index is 1210. The van der Waals surface area contributed by atoms with Gasteiger partial charge in [-0.3, -0.25) is 9.36 Å². The van der Waals surface area contributed by atoms with Crippen LogP contribution in [0.2, 0.25) is 0 Å². The van der Waals surface area contributed by atoms with Gasteiger partial charge >= 0.3 is 12.1 Å². The monoisotopic (exact) mass is 393 g/mol. The van der Waals surface area contributed by atoms with Crippen LogP contribution in [0.1, 0.15) is 16.2 Å². The molecule has 10 heteroatoms. The van der Waals surface area contributed by atoms with Gasteiger partial charge in [-0.2, -0.15) is 18.2 Å². The topological polar surface area (TPSA) is 60.9 Å². The molecule has 4 aromatic rings. The van der Waals surface area contributed by atoms with Crippen molar-refractivity contribution in [1.29, 1.82) is 0 Å². The summed E-state index contributed by atoms with van der Waals surface area (Å²) in [5.41, 5.74) is 0.608. The van der Waals surface area contributed by atoms with Crippen LogP contribution in [-0.2, 0) is 6.18 Å². The van der Waals surface area contributed by atoms with E-state index in [-0.39, 0.29) is 17.0 Å². The van der Waals surface area contributed by atoms with Crippen molar-refractivity contribution in [1.82, 2.24) is 14.7 Å². The zero-order chi connectivity index (χ0) is 20.1. The molecule has 0 aliphatic rings. The fraction of sp³-hybridized carbons (Fsp3) is 0.0556. The average molecular weight is 393 g/mol. The van der Waals surface area contributed by atoms with Gasteiger partial charge in [0.2, 0.25) is 5.82 Å². The van der Waals surface area contributed by atoms with Crippen LogP contribution in [0.25, 0.3) is 22.3 Å². The smallest absolute Gasteiger partial charge is 0.329 e. The Balaban J connectivity index is 1.71. The summed E-state index contributed by atoms with van der Waals surface area (Å²) >= 11 is 0. The first-order valence-corrected chi connectivity index (χ1v) is 7.76. The SMILES string of the molecule is O=C(c1ccc(F)c(F)c1)n1ccc2cc(-c3noc(C(F)(F)F)n3)ccc21. The number of rotatable bonds is 2. The minimum atomic E-state index is -4.75. The third-order valence-electron chi connectivity index (χ3n) is 4.00. The van der Waals surface area contributed by atoms with Gasteiger partial charge in [-0.25, -0.2) is 8.78 Å². The second-order valence-corrected chi connectivity index (χ2v) is 5.81. The minimum absolute atomic E-state index is 0.0616. The maximum absolute atomic E-state index is 13.4. The Kier molecular flexibility index (Phi) is 3.98. The second-order valence-electron chi connectivity index (χ2n) is 5.81. The first-order valence-electron chi connectivity index (χ1n) is 7.76. The number of aromatic nitrogens is 3. The summed E-state index contributed by atoms with van der Waals surface area (Å²) in [5, 5.41) is 3.82. The molecule has 0 aliphatic carbocycles. The lowest BCUT2D eigenvalue weighted by Crippen LogP contribution is -2.11. The van der Waals surface area contributed by atoms with E-state index >= 15 is 0 Å². The molecule has 0 unspecified atom stereocenters. The van der Waals surface area contributed by atoms with Crippen LogP contribution in [-0.4, -0.2) is 20.6 Å². The van der Waals surface area contributed by atoms with Crippen molar-refractivity contribution < 1.29 is 31.3 Å². The Labute approximate surface area is 153 Å². The molecule has 0 bridgehead atoms. The van der Waals surface area contributed by atoms with Gasteiger partial charge in [0, 0.05) is 22.7 Å². The summed E-state index contributed by atoms with van der Waals surface area (Å²) in [6.45, 7) is 0. The number of carbonyl (C=O) groups excluding carboxylic acids is 1. The highest BCUT2D eigenvalue weighted by atomic mass is 19.4. The predicted molar refractivity (Wildman–Crippen MR) is 86.3 cm³/mol. The molecule has 0 aliphatic heterocycles. The Morgan fingerprint density at radius 1 is 1.00 bits per heavy atom. The van der Waals surface area contributed by atoms with Crippen LogP contribution in [0.15, 0.2) is 53.2 Å². The van der Waals surface area contributed by atoms with Crippen LogP contribution >= 0.6 is 0 Å². The molecular formula is C18H8F5N3O2. The molecule has 2 aromatic carbocycles. The maximum Gasteiger partial charge on any atom is 0.471 e. The van der Waals surface area contributed by atoms with E-state index in [0.29, 0.717) is 10.9 Å². The summed E-state index contributed by atoms with van der Waals surface area (Å²) in [5.74, 6) is -4.54. The zero-order valence-corrected chi connectivity index (χ0v) is 13.7. The van der Waals surface area contributed by atoms with Gasteiger partial charge in [0.15, 0.2) is 11.6 Å². The molecular weight excluding hydrogens is 385 g/mol. The molecule has 0 amide bonds. The zero-order valence-electron chi connectivity index (χ0n) is 13.7. The fourth-order valence-electron chi connectivity index (χ4n) is 2.68. The highest BCUT2D eigenvalue weighted by molar-refractivity contribution is 6.02. The Morgan fingerprint density at radius 3 is 2.46 bits per heavy atom. The highest BCUT2D eigenvalue weighted by Crippen LogP contribution is 2.30. The van der Waals surface area contributed by atoms with E-state index in [1.54, 1.807) is 6.07 Å². The minimum Gasteiger partial charge on any atom is -0.329 e. The second kappa shape index (κ2) is 6.25. The molecule has 4 rings (SSSR count). The Hall–Kier alpha value is -3.56. The molecule has 5 nitrogen and oxygen atoms in total. The fourth-order valence-corrected chi connectivity index (χ4v) is 2.68. The van der Waals surface area contributed by atoms with Crippen molar-refractivity contribution in [2.45, 2.75) is 6.18 Å². The lowest BCUT2D eigenvalue weighted by molar-refractivity contribution is -0.159. The number of fused-ring (bicyclic) bond motifs is 1. The number of nitrogens with zero attached hydrogens (tertiary/aromatic N) is 3. The van der Waals surface area contributed by atoms with Gasteiger partial charge in [-0.15, -0.1) is 0 Å². The van der Waals surface area contributed by atoms with Crippen molar-refractivity contribution in [3.63, 3.8) is 0 Å². The first-order chi connectivity index (χ1) is 13.2. The Morgan fingerprint density at radius 2 is 1.79 bits per heavy atom. The van der Waals surface area contributed by atoms with Crippen molar-refractivity contribution >= 4 is 16.8 Å². The quantitative estimate of drug-likeness (QED) is 0.464. The third kappa shape index (κ3) is 3.02. The van der Waals surface area contributed by atoms with E-state index in [1.165, 1.54) is 29.0 Å². The molecule has 0 atom stereocenters. The number of hydrogen-bond donors (Lipinski definition) is 0. The van der Waals surface area contributed by atoms with Gasteiger partial charge in [0.25, 0.3) is 5.91 Å². The van der Waals surface area contributed by atoms with Crippen LogP contribution in [0, 0.1) is 11.6 Å². The molecule has 0 N–H and O–H groups in total. The van der Waals surface area contributed by atoms with Gasteiger partial charge in [0.05, 0.1) is 5.52 Å². The summed E-state index contributed by atoms with van der Waals surface area (Å²) in [4.78, 5) is 15.9. The highest BCUT2D eigenvalue weighted by Gasteiger charge is 2.38. The van der Waals surface area contributed by atoms with Crippen molar-refractivity contribution in [3.8, 4) is 11.4 Å². The largest absolute Gasteiger partial charge is 0.471 e. The van der Waals surface area contributed by atoms with E-state index in [9.17, 15) is 26.7 Å². The van der Waals surface area contributed by atoms with E-state index < -0.39 is 29.6 Å². The van der Waals surface area contributed by atoms with Crippen molar-refractivity contribution in [3.05, 3.63) is 71.8 Å². The summed E-state index contributed by atoms with van der Waals surface area (Å²) in [6, 6.07) is 8.71. The third-order valence-corrected chi connectivity index (χ3v) is 4.00. The normalized spacial score (nSPS) is 11.9. The molecule has 2 heterocycles. The van der Waals surface area contributed by atoms with Crippen molar-refractivity contribution in [2.75, 3.05) is 0 Å². The van der Waals surface area contributed by atoms with Crippen LogP contribution in [0.5, 0.6) is 0 Å². The number of hydrogen-bond acceptors (Lipinski definition) is 4. The average Bonchev–Trinajstić information content (AvgIpc) is 3.29. The lowest BCUT2D eigenvalue weighted by Gasteiger charge is -2.05. The summed E-state index contributed by atoms with van der Waals surface area (Å²) < 4.78 is 69.6. The number of halogens is 5. The first kappa shape index (κ1) is 17.8. The molecule has 28 heavy (non-hydrogen) atoms. The van der Waals surface area contributed by atoms with E-state index in [1.807, 2.05) is 0 Å². The molecule has 142 valence electrons. The molecule has 0 saturated heterocycles. The van der Waals surface area contributed by atoms with Gasteiger partial charge in [-0.1, -0.05) is 5.16 Å². The van der Waals surface area contributed by atoms with Gasteiger partial charge < -0.3 is 4.52 Å². The molecule has 2 aromatic heterocycles. The predicted octanol–water partition coefficient (Wildman–Crippen LogP) is 4.68. The molecule has 0 spiro atoms.